The third-order valence-electron chi connectivity index (χ3n) is 2.05. The van der Waals surface area contributed by atoms with Crippen LogP contribution in [0.5, 0.6) is 5.75 Å². The molecule has 0 amide bonds. The second kappa shape index (κ2) is 4.32. The lowest BCUT2D eigenvalue weighted by atomic mass is 10.2. The van der Waals surface area contributed by atoms with Crippen molar-refractivity contribution in [1.29, 1.82) is 0 Å². The van der Waals surface area contributed by atoms with Crippen LogP contribution in [0.3, 0.4) is 0 Å². The fourth-order valence-electron chi connectivity index (χ4n) is 1.23. The van der Waals surface area contributed by atoms with Gasteiger partial charge in [-0.2, -0.15) is 0 Å². The first-order valence-corrected chi connectivity index (χ1v) is 5.40. The summed E-state index contributed by atoms with van der Waals surface area (Å²) in [6, 6.07) is 7.26. The number of ether oxygens (including phenoxy) is 1. The molecule has 1 aromatic heterocycles. The van der Waals surface area contributed by atoms with Crippen molar-refractivity contribution in [2.24, 2.45) is 0 Å². The van der Waals surface area contributed by atoms with E-state index in [4.69, 9.17) is 4.74 Å². The van der Waals surface area contributed by atoms with Crippen molar-refractivity contribution in [3.63, 3.8) is 0 Å². The molecule has 5 heteroatoms. The summed E-state index contributed by atoms with van der Waals surface area (Å²) in [6.45, 7) is 0. The van der Waals surface area contributed by atoms with E-state index in [1.165, 1.54) is 16.7 Å². The molecule has 2 rings (SSSR count). The Morgan fingerprint density at radius 1 is 1.38 bits per heavy atom. The van der Waals surface area contributed by atoms with Gasteiger partial charge in [0, 0.05) is 10.9 Å². The molecule has 0 spiro atoms. The summed E-state index contributed by atoms with van der Waals surface area (Å²) < 4.78 is 5.03. The van der Waals surface area contributed by atoms with E-state index in [9.17, 15) is 9.90 Å². The van der Waals surface area contributed by atoms with E-state index < -0.39 is 5.97 Å². The highest BCUT2D eigenvalue weighted by Crippen LogP contribution is 2.25. The number of aromatic carboxylic acids is 1. The normalized spacial score (nSPS) is 10.1. The largest absolute Gasteiger partial charge is 0.543 e. The SMILES string of the molecule is COc1ccc(-c2nc(C(=O)[O-])cs2)cc1. The van der Waals surface area contributed by atoms with E-state index >= 15 is 0 Å². The average molecular weight is 234 g/mol. The van der Waals surface area contributed by atoms with Crippen LogP contribution in [-0.2, 0) is 0 Å². The van der Waals surface area contributed by atoms with Crippen LogP contribution < -0.4 is 9.84 Å². The van der Waals surface area contributed by atoms with Crippen LogP contribution in [0.25, 0.3) is 10.6 Å². The van der Waals surface area contributed by atoms with Crippen LogP contribution in [0.2, 0.25) is 0 Å². The molecule has 0 unspecified atom stereocenters. The van der Waals surface area contributed by atoms with E-state index in [-0.39, 0.29) is 5.69 Å². The molecule has 0 fully saturated rings. The quantitative estimate of drug-likeness (QED) is 0.800. The van der Waals surface area contributed by atoms with Crippen molar-refractivity contribution >= 4 is 17.3 Å². The summed E-state index contributed by atoms with van der Waals surface area (Å²) in [4.78, 5) is 14.5. The van der Waals surface area contributed by atoms with Gasteiger partial charge in [-0.05, 0) is 24.3 Å². The molecule has 1 heterocycles. The Bertz CT molecular complexity index is 504. The zero-order chi connectivity index (χ0) is 11.5. The van der Waals surface area contributed by atoms with Gasteiger partial charge in [0.05, 0.1) is 18.8 Å². The Hall–Kier alpha value is -1.88. The van der Waals surface area contributed by atoms with E-state index in [0.29, 0.717) is 5.01 Å². The van der Waals surface area contributed by atoms with Crippen LogP contribution >= 0.6 is 11.3 Å². The van der Waals surface area contributed by atoms with Crippen LogP contribution in [-0.4, -0.2) is 18.1 Å². The molecule has 0 saturated heterocycles. The van der Waals surface area contributed by atoms with E-state index in [2.05, 4.69) is 4.98 Å². The van der Waals surface area contributed by atoms with Crippen molar-refractivity contribution in [2.45, 2.75) is 0 Å². The molecular weight excluding hydrogens is 226 g/mol. The smallest absolute Gasteiger partial charge is 0.124 e. The number of aromatic nitrogens is 1. The van der Waals surface area contributed by atoms with Crippen molar-refractivity contribution in [3.8, 4) is 16.3 Å². The number of methoxy groups -OCH3 is 1. The predicted molar refractivity (Wildman–Crippen MR) is 58.4 cm³/mol. The highest BCUT2D eigenvalue weighted by molar-refractivity contribution is 7.13. The van der Waals surface area contributed by atoms with E-state index in [1.807, 2.05) is 12.1 Å². The Morgan fingerprint density at radius 3 is 2.56 bits per heavy atom. The first kappa shape index (κ1) is 10.6. The van der Waals surface area contributed by atoms with E-state index in [0.717, 1.165) is 11.3 Å². The summed E-state index contributed by atoms with van der Waals surface area (Å²) in [6.07, 6.45) is 0. The standard InChI is InChI=1S/C11H9NO3S/c1-15-8-4-2-7(3-5-8)10-12-9(6-16-10)11(13)14/h2-6H,1H3,(H,13,14)/p-1. The molecule has 0 aliphatic carbocycles. The van der Waals surface area contributed by atoms with Gasteiger partial charge in [-0.15, -0.1) is 11.3 Å². The molecule has 0 atom stereocenters. The molecule has 0 N–H and O–H groups in total. The molecule has 0 aliphatic rings. The van der Waals surface area contributed by atoms with Gasteiger partial charge < -0.3 is 14.6 Å². The van der Waals surface area contributed by atoms with Gasteiger partial charge in [-0.3, -0.25) is 0 Å². The molecule has 0 bridgehead atoms. The minimum Gasteiger partial charge on any atom is -0.543 e. The van der Waals surface area contributed by atoms with Crippen LogP contribution in [0.4, 0.5) is 0 Å². The number of hydrogen-bond acceptors (Lipinski definition) is 5. The Kier molecular flexibility index (Phi) is 2.87. The highest BCUT2D eigenvalue weighted by atomic mass is 32.1. The van der Waals surface area contributed by atoms with Crippen LogP contribution in [0.1, 0.15) is 10.5 Å². The first-order chi connectivity index (χ1) is 7.70. The Morgan fingerprint density at radius 2 is 2.06 bits per heavy atom. The summed E-state index contributed by atoms with van der Waals surface area (Å²) >= 11 is 1.27. The molecule has 82 valence electrons. The van der Waals surface area contributed by atoms with Crippen molar-refractivity contribution < 1.29 is 14.6 Å². The number of thiazole rings is 1. The lowest BCUT2D eigenvalue weighted by molar-refractivity contribution is -0.255. The minimum atomic E-state index is -1.25. The second-order valence-corrected chi connectivity index (χ2v) is 3.91. The van der Waals surface area contributed by atoms with Crippen LogP contribution in [0, 0.1) is 0 Å². The Labute approximate surface area is 96.1 Å². The topological polar surface area (TPSA) is 62.2 Å². The van der Waals surface area contributed by atoms with Crippen molar-refractivity contribution in [1.82, 2.24) is 4.98 Å². The van der Waals surface area contributed by atoms with Crippen molar-refractivity contribution in [3.05, 3.63) is 35.3 Å². The van der Waals surface area contributed by atoms with Gasteiger partial charge in [-0.25, -0.2) is 4.98 Å². The number of nitrogens with zero attached hydrogens (tertiary/aromatic N) is 1. The third kappa shape index (κ3) is 2.04. The summed E-state index contributed by atoms with van der Waals surface area (Å²) in [5, 5.41) is 12.7. The average Bonchev–Trinajstić information content (AvgIpc) is 2.78. The zero-order valence-electron chi connectivity index (χ0n) is 8.47. The molecule has 16 heavy (non-hydrogen) atoms. The maximum atomic E-state index is 10.6. The predicted octanol–water partition coefficient (Wildman–Crippen LogP) is 1.18. The van der Waals surface area contributed by atoms with Gasteiger partial charge >= 0.3 is 0 Å². The second-order valence-electron chi connectivity index (χ2n) is 3.05. The summed E-state index contributed by atoms with van der Waals surface area (Å²) in [7, 11) is 1.59. The number of hydrogen-bond donors (Lipinski definition) is 0. The zero-order valence-corrected chi connectivity index (χ0v) is 9.28. The van der Waals surface area contributed by atoms with Gasteiger partial charge in [0.25, 0.3) is 0 Å². The van der Waals surface area contributed by atoms with Gasteiger partial charge in [0.2, 0.25) is 0 Å². The Balaban J connectivity index is 2.31. The van der Waals surface area contributed by atoms with E-state index in [1.54, 1.807) is 19.2 Å². The third-order valence-corrected chi connectivity index (χ3v) is 2.94. The summed E-state index contributed by atoms with van der Waals surface area (Å²) in [5.41, 5.74) is 0.828. The van der Waals surface area contributed by atoms with Gasteiger partial charge in [-0.1, -0.05) is 0 Å². The van der Waals surface area contributed by atoms with Crippen LogP contribution in [0.15, 0.2) is 29.6 Å². The first-order valence-electron chi connectivity index (χ1n) is 4.52. The van der Waals surface area contributed by atoms with Crippen molar-refractivity contribution in [2.75, 3.05) is 7.11 Å². The maximum Gasteiger partial charge on any atom is 0.124 e. The molecule has 0 radical (unpaired) electrons. The molecule has 0 saturated carbocycles. The molecule has 1 aromatic carbocycles. The maximum absolute atomic E-state index is 10.6. The molecular formula is C11H8NO3S-. The summed E-state index contributed by atoms with van der Waals surface area (Å²) in [5.74, 6) is -0.503. The fraction of sp³-hybridized carbons (Fsp3) is 0.0909. The fourth-order valence-corrected chi connectivity index (χ4v) is 2.03. The molecule has 4 nitrogen and oxygen atoms in total. The minimum absolute atomic E-state index is 0.0316. The number of rotatable bonds is 3. The van der Waals surface area contributed by atoms with Gasteiger partial charge in [0.15, 0.2) is 0 Å². The van der Waals surface area contributed by atoms with Gasteiger partial charge in [0.1, 0.15) is 10.8 Å². The number of carbonyl (C=O) groups is 1. The monoisotopic (exact) mass is 234 g/mol. The lowest BCUT2D eigenvalue weighted by Gasteiger charge is -2.00. The molecule has 0 aliphatic heterocycles. The number of carbonyl (C=O) groups excluding carboxylic acids is 1. The number of carboxylic acids is 1. The lowest BCUT2D eigenvalue weighted by Crippen LogP contribution is -2.22. The number of carboxylic acid groups (broad SMARTS) is 1. The molecule has 2 aromatic rings. The number of benzene rings is 1. The highest BCUT2D eigenvalue weighted by Gasteiger charge is 2.05.